The van der Waals surface area contributed by atoms with Crippen molar-refractivity contribution in [3.63, 3.8) is 0 Å². The maximum absolute atomic E-state index is 10.9. The lowest BCUT2D eigenvalue weighted by Gasteiger charge is -2.26. The highest BCUT2D eigenvalue weighted by Crippen LogP contribution is 2.34. The molecule has 4 heteroatoms. The first kappa shape index (κ1) is 11.3. The summed E-state index contributed by atoms with van der Waals surface area (Å²) in [6, 6.07) is 5.92. The molecule has 0 saturated heterocycles. The van der Waals surface area contributed by atoms with Crippen LogP contribution in [0.25, 0.3) is 0 Å². The normalized spacial score (nSPS) is 18.5. The molecule has 0 aliphatic carbocycles. The Kier molecular flexibility index (Phi) is 3.39. The number of benzene rings is 1. The van der Waals surface area contributed by atoms with Crippen LogP contribution in [0.15, 0.2) is 23.1 Å². The van der Waals surface area contributed by atoms with Gasteiger partial charge in [-0.2, -0.15) is 0 Å². The van der Waals surface area contributed by atoms with Crippen LogP contribution < -0.4 is 10.1 Å². The molecule has 0 spiro atoms. The monoisotopic (exact) mass is 237 g/mol. The maximum atomic E-state index is 10.9. The van der Waals surface area contributed by atoms with Gasteiger partial charge in [0, 0.05) is 24.3 Å². The topological polar surface area (TPSA) is 38.3 Å². The Labute approximate surface area is 101 Å². The highest BCUT2D eigenvalue weighted by molar-refractivity contribution is 7.80. The number of hydrogen-bond donors (Lipinski definition) is 2. The molecule has 0 radical (unpaired) electrons. The van der Waals surface area contributed by atoms with Gasteiger partial charge in [0.2, 0.25) is 5.91 Å². The summed E-state index contributed by atoms with van der Waals surface area (Å²) < 4.78 is 5.58. The SMILES string of the molecule is CC(=O)NCC1CCOc2cc(S)ccc21. The van der Waals surface area contributed by atoms with E-state index in [1.165, 1.54) is 6.92 Å². The van der Waals surface area contributed by atoms with Gasteiger partial charge in [0.15, 0.2) is 0 Å². The summed E-state index contributed by atoms with van der Waals surface area (Å²) in [5.74, 6) is 1.26. The average Bonchev–Trinajstić information content (AvgIpc) is 2.25. The number of fused-ring (bicyclic) bond motifs is 1. The molecule has 3 nitrogen and oxygen atoms in total. The van der Waals surface area contributed by atoms with Gasteiger partial charge in [0.25, 0.3) is 0 Å². The first-order valence-electron chi connectivity index (χ1n) is 5.37. The van der Waals surface area contributed by atoms with E-state index in [9.17, 15) is 4.79 Å². The first-order chi connectivity index (χ1) is 7.66. The van der Waals surface area contributed by atoms with Crippen molar-refractivity contribution in [1.29, 1.82) is 0 Å². The fourth-order valence-corrected chi connectivity index (χ4v) is 2.12. The Hall–Kier alpha value is -1.16. The standard InChI is InChI=1S/C12H15NO2S/c1-8(14)13-7-9-4-5-15-12-6-10(16)2-3-11(9)12/h2-3,6,9,16H,4-5,7H2,1H3,(H,13,14). The van der Waals surface area contributed by atoms with E-state index in [1.807, 2.05) is 18.2 Å². The number of thiol groups is 1. The fraction of sp³-hybridized carbons (Fsp3) is 0.417. The van der Waals surface area contributed by atoms with Crippen LogP contribution in [0.5, 0.6) is 5.75 Å². The third-order valence-corrected chi connectivity index (χ3v) is 3.04. The summed E-state index contributed by atoms with van der Waals surface area (Å²) >= 11 is 4.28. The molecule has 1 aromatic carbocycles. The largest absolute Gasteiger partial charge is 0.493 e. The molecule has 1 N–H and O–H groups in total. The van der Waals surface area contributed by atoms with Gasteiger partial charge in [-0.05, 0) is 24.1 Å². The minimum atomic E-state index is 0.0128. The number of ether oxygens (including phenoxy) is 1. The van der Waals surface area contributed by atoms with Gasteiger partial charge in [0.05, 0.1) is 6.61 Å². The number of carbonyl (C=O) groups excluding carboxylic acids is 1. The van der Waals surface area contributed by atoms with E-state index in [-0.39, 0.29) is 5.91 Å². The number of amides is 1. The fourth-order valence-electron chi connectivity index (χ4n) is 1.93. The summed E-state index contributed by atoms with van der Waals surface area (Å²) in [6.45, 7) is 2.92. The predicted octanol–water partition coefficient (Wildman–Crippen LogP) is 1.98. The van der Waals surface area contributed by atoms with Gasteiger partial charge >= 0.3 is 0 Å². The number of hydrogen-bond acceptors (Lipinski definition) is 3. The lowest BCUT2D eigenvalue weighted by molar-refractivity contribution is -0.119. The summed E-state index contributed by atoms with van der Waals surface area (Å²) in [5, 5.41) is 2.86. The van der Waals surface area contributed by atoms with Crippen molar-refractivity contribution in [3.05, 3.63) is 23.8 Å². The minimum Gasteiger partial charge on any atom is -0.493 e. The van der Waals surface area contributed by atoms with Gasteiger partial charge in [-0.15, -0.1) is 12.6 Å². The molecule has 86 valence electrons. The highest BCUT2D eigenvalue weighted by Gasteiger charge is 2.21. The number of nitrogens with one attached hydrogen (secondary N) is 1. The van der Waals surface area contributed by atoms with Crippen LogP contribution in [-0.2, 0) is 4.79 Å². The highest BCUT2D eigenvalue weighted by atomic mass is 32.1. The van der Waals surface area contributed by atoms with Crippen molar-refractivity contribution in [2.75, 3.05) is 13.2 Å². The molecule has 0 bridgehead atoms. The molecule has 1 atom stereocenters. The molecular formula is C12H15NO2S. The van der Waals surface area contributed by atoms with Gasteiger partial charge in [-0.25, -0.2) is 0 Å². The molecule has 1 heterocycles. The second-order valence-electron chi connectivity index (χ2n) is 3.99. The van der Waals surface area contributed by atoms with Gasteiger partial charge in [0.1, 0.15) is 5.75 Å². The van der Waals surface area contributed by atoms with Crippen molar-refractivity contribution < 1.29 is 9.53 Å². The van der Waals surface area contributed by atoms with E-state index in [1.54, 1.807) is 0 Å². The first-order valence-corrected chi connectivity index (χ1v) is 5.81. The molecule has 2 rings (SSSR count). The van der Waals surface area contributed by atoms with E-state index in [4.69, 9.17) is 4.74 Å². The van der Waals surface area contributed by atoms with Crippen molar-refractivity contribution >= 4 is 18.5 Å². The molecule has 1 unspecified atom stereocenters. The zero-order valence-electron chi connectivity index (χ0n) is 9.19. The van der Waals surface area contributed by atoms with Crippen LogP contribution in [0.4, 0.5) is 0 Å². The quantitative estimate of drug-likeness (QED) is 0.772. The van der Waals surface area contributed by atoms with Crippen LogP contribution in [0.1, 0.15) is 24.8 Å². The molecule has 16 heavy (non-hydrogen) atoms. The van der Waals surface area contributed by atoms with E-state index in [0.29, 0.717) is 19.1 Å². The van der Waals surface area contributed by atoms with Crippen LogP contribution in [0, 0.1) is 0 Å². The zero-order chi connectivity index (χ0) is 11.5. The van der Waals surface area contributed by atoms with Crippen molar-refractivity contribution in [2.45, 2.75) is 24.2 Å². The third-order valence-electron chi connectivity index (χ3n) is 2.76. The van der Waals surface area contributed by atoms with E-state index < -0.39 is 0 Å². The molecule has 0 saturated carbocycles. The van der Waals surface area contributed by atoms with E-state index in [0.717, 1.165) is 22.6 Å². The van der Waals surface area contributed by atoms with Crippen LogP contribution in [-0.4, -0.2) is 19.1 Å². The molecule has 0 aromatic heterocycles. The Bertz CT molecular complexity index is 406. The second kappa shape index (κ2) is 4.78. The van der Waals surface area contributed by atoms with Crippen molar-refractivity contribution in [3.8, 4) is 5.75 Å². The summed E-state index contributed by atoms with van der Waals surface area (Å²) in [4.78, 5) is 11.8. The molecule has 1 aliphatic heterocycles. The average molecular weight is 237 g/mol. The molecule has 1 amide bonds. The molecule has 1 aliphatic rings. The van der Waals surface area contributed by atoms with Gasteiger partial charge < -0.3 is 10.1 Å². The number of carbonyl (C=O) groups is 1. The zero-order valence-corrected chi connectivity index (χ0v) is 10.1. The minimum absolute atomic E-state index is 0.0128. The second-order valence-corrected chi connectivity index (χ2v) is 4.51. The Morgan fingerprint density at radius 3 is 3.19 bits per heavy atom. The summed E-state index contributed by atoms with van der Waals surface area (Å²) in [5.41, 5.74) is 1.16. The van der Waals surface area contributed by atoms with Crippen LogP contribution in [0.2, 0.25) is 0 Å². The van der Waals surface area contributed by atoms with E-state index >= 15 is 0 Å². The summed E-state index contributed by atoms with van der Waals surface area (Å²) in [7, 11) is 0. The maximum Gasteiger partial charge on any atom is 0.216 e. The van der Waals surface area contributed by atoms with Gasteiger partial charge in [-0.3, -0.25) is 4.79 Å². The molecule has 1 aromatic rings. The molecular weight excluding hydrogens is 222 g/mol. The number of rotatable bonds is 2. The Balaban J connectivity index is 2.16. The predicted molar refractivity (Wildman–Crippen MR) is 65.2 cm³/mol. The Morgan fingerprint density at radius 1 is 1.62 bits per heavy atom. The van der Waals surface area contributed by atoms with Crippen molar-refractivity contribution in [1.82, 2.24) is 5.32 Å². The lowest BCUT2D eigenvalue weighted by atomic mass is 9.93. The van der Waals surface area contributed by atoms with Crippen molar-refractivity contribution in [2.24, 2.45) is 0 Å². The Morgan fingerprint density at radius 2 is 2.44 bits per heavy atom. The van der Waals surface area contributed by atoms with Gasteiger partial charge in [-0.1, -0.05) is 6.07 Å². The smallest absolute Gasteiger partial charge is 0.216 e. The van der Waals surface area contributed by atoms with Crippen LogP contribution >= 0.6 is 12.6 Å². The lowest BCUT2D eigenvalue weighted by Crippen LogP contribution is -2.28. The summed E-state index contributed by atoms with van der Waals surface area (Å²) in [6.07, 6.45) is 0.944. The van der Waals surface area contributed by atoms with Crippen LogP contribution in [0.3, 0.4) is 0 Å². The van der Waals surface area contributed by atoms with E-state index in [2.05, 4.69) is 17.9 Å². The molecule has 0 fully saturated rings. The third kappa shape index (κ3) is 2.50.